The van der Waals surface area contributed by atoms with Gasteiger partial charge in [0.25, 0.3) is 0 Å². The van der Waals surface area contributed by atoms with Gasteiger partial charge < -0.3 is 0 Å². The second kappa shape index (κ2) is 3.87. The topological polar surface area (TPSA) is 98.0 Å². The SMILES string of the molecule is O=C(O)CCP(O)(O)(O)c1ccccc1. The molecule has 15 heavy (non-hydrogen) atoms. The number of aliphatic carboxylic acids is 1. The summed E-state index contributed by atoms with van der Waals surface area (Å²) >= 11 is 0. The van der Waals surface area contributed by atoms with Crippen molar-refractivity contribution in [1.82, 2.24) is 0 Å². The van der Waals surface area contributed by atoms with Crippen molar-refractivity contribution < 1.29 is 24.6 Å². The van der Waals surface area contributed by atoms with Crippen LogP contribution in [0.4, 0.5) is 0 Å². The fourth-order valence-corrected chi connectivity index (χ4v) is 2.81. The number of hydrogen-bond acceptors (Lipinski definition) is 4. The summed E-state index contributed by atoms with van der Waals surface area (Å²) < 4.78 is 0. The van der Waals surface area contributed by atoms with E-state index in [-0.39, 0.29) is 5.30 Å². The fraction of sp³-hybridized carbons (Fsp3) is 0.222. The molecule has 0 saturated carbocycles. The Hall–Kier alpha value is -1.00. The first kappa shape index (κ1) is 12.1. The van der Waals surface area contributed by atoms with E-state index in [9.17, 15) is 19.5 Å². The fourth-order valence-electron chi connectivity index (χ4n) is 1.16. The average molecular weight is 232 g/mol. The summed E-state index contributed by atoms with van der Waals surface area (Å²) in [6.45, 7) is 0. The molecule has 0 spiro atoms. The van der Waals surface area contributed by atoms with Gasteiger partial charge in [-0.1, -0.05) is 0 Å². The van der Waals surface area contributed by atoms with Gasteiger partial charge in [0.1, 0.15) is 0 Å². The Morgan fingerprint density at radius 1 is 1.13 bits per heavy atom. The zero-order valence-corrected chi connectivity index (χ0v) is 8.84. The van der Waals surface area contributed by atoms with Crippen LogP contribution in [-0.2, 0) is 4.79 Å². The van der Waals surface area contributed by atoms with Crippen LogP contribution in [0.1, 0.15) is 6.42 Å². The maximum absolute atomic E-state index is 10.3. The van der Waals surface area contributed by atoms with Crippen LogP contribution < -0.4 is 5.30 Å². The monoisotopic (exact) mass is 232 g/mol. The minimum atomic E-state index is -4.99. The van der Waals surface area contributed by atoms with Crippen molar-refractivity contribution in [2.24, 2.45) is 0 Å². The number of carboxylic acid groups (broad SMARTS) is 1. The van der Waals surface area contributed by atoms with Gasteiger partial charge in [0, 0.05) is 0 Å². The summed E-state index contributed by atoms with van der Waals surface area (Å²) in [6.07, 6.45) is -1.05. The molecule has 0 atom stereocenters. The zero-order chi connectivity index (χ0) is 11.6. The molecular weight excluding hydrogens is 219 g/mol. The van der Waals surface area contributed by atoms with Gasteiger partial charge >= 0.3 is 86.1 Å². The molecule has 0 aliphatic carbocycles. The molecule has 84 valence electrons. The van der Waals surface area contributed by atoms with E-state index in [1.807, 2.05) is 0 Å². The standard InChI is InChI=1S/C9H13O5P/c10-9(11)6-7-15(12,13,14)8-4-2-1-3-5-8/h1-5,12-14H,6-7H2,(H,10,11). The van der Waals surface area contributed by atoms with Crippen LogP contribution in [0.25, 0.3) is 0 Å². The van der Waals surface area contributed by atoms with Crippen LogP contribution in [0.3, 0.4) is 0 Å². The maximum atomic E-state index is 10.3. The molecule has 0 amide bonds. The third-order valence-electron chi connectivity index (χ3n) is 2.02. The molecule has 1 aromatic carbocycles. The summed E-state index contributed by atoms with van der Waals surface area (Å²) in [4.78, 5) is 39.3. The normalized spacial score (nSPS) is 14.2. The van der Waals surface area contributed by atoms with E-state index < -0.39 is 25.8 Å². The van der Waals surface area contributed by atoms with E-state index in [4.69, 9.17) is 5.11 Å². The van der Waals surface area contributed by atoms with Crippen LogP contribution in [0.15, 0.2) is 30.3 Å². The van der Waals surface area contributed by atoms with E-state index in [1.165, 1.54) is 12.1 Å². The van der Waals surface area contributed by atoms with Gasteiger partial charge in [-0.05, 0) is 0 Å². The van der Waals surface area contributed by atoms with E-state index in [1.54, 1.807) is 18.2 Å². The summed E-state index contributed by atoms with van der Waals surface area (Å²) in [5, 5.41) is 8.40. The molecule has 1 aromatic rings. The molecule has 0 aliphatic rings. The molecule has 0 bridgehead atoms. The zero-order valence-electron chi connectivity index (χ0n) is 7.95. The second-order valence-corrected chi connectivity index (χ2v) is 6.62. The first-order chi connectivity index (χ1) is 6.80. The summed E-state index contributed by atoms with van der Waals surface area (Å²) in [6, 6.07) is 7.47. The summed E-state index contributed by atoms with van der Waals surface area (Å²) in [7, 11) is -4.99. The molecule has 0 aromatic heterocycles. The molecular formula is C9H13O5P. The molecule has 0 fully saturated rings. The van der Waals surface area contributed by atoms with Crippen LogP contribution in [0.5, 0.6) is 0 Å². The molecule has 1 rings (SSSR count). The Bertz CT molecular complexity index is 354. The van der Waals surface area contributed by atoms with Crippen molar-refractivity contribution in [3.05, 3.63) is 30.3 Å². The Kier molecular flexibility index (Phi) is 3.11. The second-order valence-electron chi connectivity index (χ2n) is 3.35. The van der Waals surface area contributed by atoms with Crippen molar-refractivity contribution in [1.29, 1.82) is 0 Å². The summed E-state index contributed by atoms with van der Waals surface area (Å²) in [5.41, 5.74) is 0. The van der Waals surface area contributed by atoms with E-state index >= 15 is 0 Å². The van der Waals surface area contributed by atoms with Gasteiger partial charge in [-0.25, -0.2) is 0 Å². The predicted molar refractivity (Wildman–Crippen MR) is 56.8 cm³/mol. The van der Waals surface area contributed by atoms with Crippen LogP contribution in [0, 0.1) is 0 Å². The molecule has 6 heteroatoms. The Morgan fingerprint density at radius 2 is 1.67 bits per heavy atom. The molecule has 0 radical (unpaired) electrons. The third-order valence-corrected chi connectivity index (χ3v) is 4.43. The number of hydrogen-bond donors (Lipinski definition) is 4. The van der Waals surface area contributed by atoms with Crippen LogP contribution in [0.2, 0.25) is 0 Å². The number of rotatable bonds is 4. The van der Waals surface area contributed by atoms with Crippen molar-refractivity contribution in [3.63, 3.8) is 0 Å². The molecule has 0 saturated heterocycles. The Labute approximate surface area is 86.8 Å². The predicted octanol–water partition coefficient (Wildman–Crippen LogP) is 0.0618. The van der Waals surface area contributed by atoms with E-state index in [0.29, 0.717) is 0 Å². The molecule has 5 nitrogen and oxygen atoms in total. The number of carbonyl (C=O) groups is 1. The Morgan fingerprint density at radius 3 is 2.13 bits per heavy atom. The van der Waals surface area contributed by atoms with E-state index in [2.05, 4.69) is 0 Å². The Balaban J connectivity index is 2.93. The number of carboxylic acids is 1. The third kappa shape index (κ3) is 3.25. The molecule has 0 heterocycles. The van der Waals surface area contributed by atoms with Gasteiger partial charge in [-0.2, -0.15) is 0 Å². The number of benzene rings is 1. The van der Waals surface area contributed by atoms with Gasteiger partial charge in [-0.15, -0.1) is 0 Å². The van der Waals surface area contributed by atoms with Crippen LogP contribution in [-0.4, -0.2) is 31.9 Å². The van der Waals surface area contributed by atoms with Crippen molar-refractivity contribution in [3.8, 4) is 0 Å². The van der Waals surface area contributed by atoms with E-state index in [0.717, 1.165) is 0 Å². The van der Waals surface area contributed by atoms with Crippen molar-refractivity contribution >= 4 is 18.6 Å². The molecule has 0 aliphatic heterocycles. The molecule has 0 unspecified atom stereocenters. The molecule has 4 N–H and O–H groups in total. The first-order valence-corrected chi connectivity index (χ1v) is 6.61. The van der Waals surface area contributed by atoms with Gasteiger partial charge in [0.05, 0.1) is 0 Å². The van der Waals surface area contributed by atoms with Crippen molar-refractivity contribution in [2.75, 3.05) is 6.16 Å². The van der Waals surface area contributed by atoms with Crippen LogP contribution >= 0.6 is 7.28 Å². The van der Waals surface area contributed by atoms with Crippen molar-refractivity contribution in [2.45, 2.75) is 6.42 Å². The summed E-state index contributed by atoms with van der Waals surface area (Å²) in [5.74, 6) is -1.18. The van der Waals surface area contributed by atoms with Gasteiger partial charge in [-0.3, -0.25) is 0 Å². The minimum absolute atomic E-state index is 0.0234. The average Bonchev–Trinajstić information content (AvgIpc) is 2.16. The first-order valence-electron chi connectivity index (χ1n) is 4.33. The quantitative estimate of drug-likeness (QED) is 0.550. The van der Waals surface area contributed by atoms with Gasteiger partial charge in [0.15, 0.2) is 0 Å². The van der Waals surface area contributed by atoms with Gasteiger partial charge in [0.2, 0.25) is 0 Å².